The summed E-state index contributed by atoms with van der Waals surface area (Å²) < 4.78 is 10.5. The highest BCUT2D eigenvalue weighted by Crippen LogP contribution is 2.23. The fourth-order valence-corrected chi connectivity index (χ4v) is 10.4. The molecule has 6 aromatic rings. The van der Waals surface area contributed by atoms with Crippen molar-refractivity contribution in [1.29, 1.82) is 0 Å². The second kappa shape index (κ2) is 37.7. The van der Waals surface area contributed by atoms with Crippen molar-refractivity contribution in [2.24, 2.45) is 11.7 Å². The summed E-state index contributed by atoms with van der Waals surface area (Å²) in [5.74, 6) is -14.0. The Morgan fingerprint density at radius 3 is 1.35 bits per heavy atom. The molecule has 0 spiro atoms. The molecule has 1 aromatic heterocycles. The van der Waals surface area contributed by atoms with Crippen LogP contribution in [0.1, 0.15) is 82.1 Å². The molecular formula is C70H82N10O19. The van der Waals surface area contributed by atoms with Gasteiger partial charge in [0.2, 0.25) is 47.3 Å². The molecule has 99 heavy (non-hydrogen) atoms. The first-order valence-corrected chi connectivity index (χ1v) is 31.8. The zero-order valence-electron chi connectivity index (χ0n) is 54.9. The first-order valence-electron chi connectivity index (χ1n) is 31.8. The van der Waals surface area contributed by atoms with Gasteiger partial charge in [-0.05, 0) is 95.9 Å². The summed E-state index contributed by atoms with van der Waals surface area (Å²) in [7, 11) is 0. The van der Waals surface area contributed by atoms with Gasteiger partial charge >= 0.3 is 23.9 Å². The number of fused-ring (bicyclic) bond motifs is 1. The molecule has 0 aliphatic heterocycles. The lowest BCUT2D eigenvalue weighted by atomic mass is 9.98. The van der Waals surface area contributed by atoms with E-state index in [9.17, 15) is 67.7 Å². The predicted molar refractivity (Wildman–Crippen MR) is 358 cm³/mol. The highest BCUT2D eigenvalue weighted by atomic mass is 16.5. The van der Waals surface area contributed by atoms with Crippen LogP contribution in [0.25, 0.3) is 22.0 Å². The molecular weight excluding hydrogens is 1280 g/mol. The van der Waals surface area contributed by atoms with E-state index in [0.717, 1.165) is 11.1 Å². The zero-order valence-corrected chi connectivity index (χ0v) is 54.9. The molecule has 1 heterocycles. The molecule has 526 valence electrons. The molecule has 5 aromatic carbocycles. The predicted octanol–water partition coefficient (Wildman–Crippen LogP) is 2.25. The molecule has 0 saturated heterocycles. The fraction of sp³-hybridized carbons (Fsp3) is 0.357. The Labute approximate surface area is 569 Å². The van der Waals surface area contributed by atoms with Gasteiger partial charge < -0.3 is 83.2 Å². The third-order valence-electron chi connectivity index (χ3n) is 15.7. The van der Waals surface area contributed by atoms with E-state index in [1.54, 1.807) is 68.6 Å². The van der Waals surface area contributed by atoms with Gasteiger partial charge in [0, 0.05) is 55.6 Å². The number of Topliss-reactive ketones (excluding diaryl/α,β-unsaturated/α-hetero) is 1. The van der Waals surface area contributed by atoms with E-state index >= 15 is 4.79 Å². The van der Waals surface area contributed by atoms with Crippen LogP contribution >= 0.6 is 0 Å². The molecule has 0 bridgehead atoms. The maximum atomic E-state index is 15.0. The number of ketones is 1. The second-order valence-corrected chi connectivity index (χ2v) is 23.7. The Hall–Kier alpha value is -11.5. The van der Waals surface area contributed by atoms with Crippen LogP contribution in [0.5, 0.6) is 11.5 Å². The van der Waals surface area contributed by atoms with Crippen molar-refractivity contribution < 1.29 is 92.2 Å². The smallest absolute Gasteiger partial charge is 0.341 e. The summed E-state index contributed by atoms with van der Waals surface area (Å²) in [6.07, 6.45) is -1.70. The minimum atomic E-state index is -2.00. The van der Waals surface area contributed by atoms with Crippen LogP contribution in [-0.4, -0.2) is 170 Å². The average Bonchev–Trinajstić information content (AvgIpc) is 1.77. The van der Waals surface area contributed by atoms with Crippen LogP contribution in [0.4, 0.5) is 0 Å². The lowest BCUT2D eigenvalue weighted by molar-refractivity contribution is -0.142. The van der Waals surface area contributed by atoms with Gasteiger partial charge in [-0.1, -0.05) is 118 Å². The Balaban J connectivity index is 1.32. The molecule has 29 heteroatoms. The molecule has 0 saturated carbocycles. The van der Waals surface area contributed by atoms with E-state index in [4.69, 9.17) is 25.4 Å². The number of carboxylic acid groups (broad SMARTS) is 4. The molecule has 0 radical (unpaired) electrons. The number of benzene rings is 5. The highest BCUT2D eigenvalue weighted by molar-refractivity contribution is 6.00. The number of para-hydroxylation sites is 1. The van der Waals surface area contributed by atoms with E-state index in [0.29, 0.717) is 33.2 Å². The third-order valence-corrected chi connectivity index (χ3v) is 15.7. The van der Waals surface area contributed by atoms with Crippen LogP contribution in [0.15, 0.2) is 134 Å². The molecule has 29 nitrogen and oxygen atoms in total. The maximum Gasteiger partial charge on any atom is 0.341 e. The SMILES string of the molecule is CCC(=O)N[C@@H](Cc1ccc(OCC(=O)O)cc1)C(=O)N[C@@H](Cc1ccc(OCC(=O)O)cc1)C(=O)N[C@@H](CC(=O)O)C(=O)N[C@@H](Cc1c[nH]c2ccccc12)C(=O)N[C@H](C(=O)N[C@@H](Cc1ccc(-c2ccccc2)cc1)C(=O)N[C@@H](CCC(=O)O)C(=O)N[C@@H](CCN)C(C)=O)C(C)C. The number of carbonyl (C=O) groups excluding carboxylic acids is 9. The number of H-pyrrole nitrogens is 1. The minimum absolute atomic E-state index is 0.00265. The molecule has 8 atom stereocenters. The van der Waals surface area contributed by atoms with Crippen LogP contribution < -0.4 is 57.7 Å². The van der Waals surface area contributed by atoms with Gasteiger partial charge in [0.15, 0.2) is 19.0 Å². The fourth-order valence-electron chi connectivity index (χ4n) is 10.4. The quantitative estimate of drug-likeness (QED) is 0.0262. The average molecular weight is 1370 g/mol. The highest BCUT2D eigenvalue weighted by Gasteiger charge is 2.37. The van der Waals surface area contributed by atoms with Crippen molar-refractivity contribution >= 4 is 87.8 Å². The minimum Gasteiger partial charge on any atom is -0.482 e. The lowest BCUT2D eigenvalue weighted by Gasteiger charge is -2.29. The van der Waals surface area contributed by atoms with Crippen molar-refractivity contribution in [2.75, 3.05) is 19.8 Å². The Morgan fingerprint density at radius 2 is 0.869 bits per heavy atom. The number of carboxylic acids is 4. The number of rotatable bonds is 40. The number of aliphatic carboxylic acids is 4. The molecule has 0 fully saturated rings. The molecule has 0 unspecified atom stereocenters. The van der Waals surface area contributed by atoms with Gasteiger partial charge in [-0.3, -0.25) is 52.7 Å². The van der Waals surface area contributed by atoms with Gasteiger partial charge in [0.1, 0.15) is 53.8 Å². The van der Waals surface area contributed by atoms with Gasteiger partial charge in [-0.25, -0.2) is 9.59 Å². The van der Waals surface area contributed by atoms with Crippen molar-refractivity contribution in [2.45, 2.75) is 134 Å². The van der Waals surface area contributed by atoms with E-state index in [-0.39, 0.29) is 56.6 Å². The second-order valence-electron chi connectivity index (χ2n) is 23.7. The number of nitrogens with one attached hydrogen (secondary N) is 9. The standard InChI is InChI=1S/C70H82N10O19/c1-5-58(82)73-53(31-42-17-23-47(24-18-42)98-37-61(87)88)65(92)76-54(33-43-19-25-48(26-20-43)99-38-62(89)90)67(94)78-57(35-60(85)86)68(95)77-56(34-46-36-72-51-14-10-9-13-49(46)51)69(96)80-63(39(2)3)70(97)79-55(32-41-15-21-45(22-16-41)44-11-7-6-8-12-44)66(93)75-52(27-28-59(83)84)64(91)74-50(29-30-71)40(4)81/h6-26,36,39,50,52-57,63,72H,5,27-35,37-38,71H2,1-4H3,(H,73,82)(H,74,91)(H,75,93)(H,76,92)(H,77,95)(H,78,94)(H,79,97)(H,80,96)(H,83,84)(H,85,86)(H,87,88)(H,89,90)/t50-,52-,53-,54-,55-,56-,57-,63-/m0/s1. The molecule has 0 aliphatic rings. The maximum absolute atomic E-state index is 15.0. The van der Waals surface area contributed by atoms with Crippen LogP contribution in [0, 0.1) is 5.92 Å². The largest absolute Gasteiger partial charge is 0.482 e. The number of aromatic nitrogens is 1. The van der Waals surface area contributed by atoms with Gasteiger partial charge in [-0.15, -0.1) is 0 Å². The summed E-state index contributed by atoms with van der Waals surface area (Å²) in [5.41, 5.74) is 9.77. The monoisotopic (exact) mass is 1370 g/mol. The van der Waals surface area contributed by atoms with Gasteiger partial charge in [0.25, 0.3) is 0 Å². The normalized spacial score (nSPS) is 13.4. The molecule has 15 N–H and O–H groups in total. The number of hydrogen-bond acceptors (Lipinski definition) is 16. The third kappa shape index (κ3) is 24.6. The van der Waals surface area contributed by atoms with Crippen LogP contribution in [0.3, 0.4) is 0 Å². The summed E-state index contributed by atoms with van der Waals surface area (Å²) in [4.78, 5) is 178. The Kier molecular flexibility index (Phi) is 29.2. The summed E-state index contributed by atoms with van der Waals surface area (Å²) in [6, 6.07) is 22.5. The van der Waals surface area contributed by atoms with Crippen molar-refractivity contribution in [1.82, 2.24) is 47.5 Å². The summed E-state index contributed by atoms with van der Waals surface area (Å²) in [6.45, 7) is 4.58. The number of aromatic amines is 1. The Morgan fingerprint density at radius 1 is 0.444 bits per heavy atom. The number of amides is 8. The summed E-state index contributed by atoms with van der Waals surface area (Å²) in [5, 5.41) is 59.5. The van der Waals surface area contributed by atoms with Crippen molar-refractivity contribution in [3.8, 4) is 22.6 Å². The summed E-state index contributed by atoms with van der Waals surface area (Å²) >= 11 is 0. The molecule has 0 aliphatic carbocycles. The first kappa shape index (κ1) is 76.5. The van der Waals surface area contributed by atoms with Crippen LogP contribution in [0.2, 0.25) is 0 Å². The Bertz CT molecular complexity index is 3830. The number of carbonyl (C=O) groups is 13. The molecule has 8 amide bonds. The van der Waals surface area contributed by atoms with Crippen molar-refractivity contribution in [3.05, 3.63) is 156 Å². The first-order chi connectivity index (χ1) is 47.2. The van der Waals surface area contributed by atoms with E-state index in [1.807, 2.05) is 30.3 Å². The van der Waals surface area contributed by atoms with Crippen LogP contribution in [-0.2, 0) is 88.0 Å². The number of nitrogens with two attached hydrogens (primary N) is 1. The van der Waals surface area contributed by atoms with E-state index < -0.39 is 164 Å². The van der Waals surface area contributed by atoms with Crippen molar-refractivity contribution in [3.63, 3.8) is 0 Å². The number of hydrogen-bond donors (Lipinski definition) is 14. The lowest BCUT2D eigenvalue weighted by Crippen LogP contribution is -2.61. The number of ether oxygens (including phenoxy) is 2. The van der Waals surface area contributed by atoms with Gasteiger partial charge in [0.05, 0.1) is 12.5 Å². The van der Waals surface area contributed by atoms with Gasteiger partial charge in [-0.2, -0.15) is 0 Å². The van der Waals surface area contributed by atoms with E-state index in [2.05, 4.69) is 47.5 Å². The topological polar surface area (TPSA) is 459 Å². The molecule has 6 rings (SSSR count). The van der Waals surface area contributed by atoms with E-state index in [1.165, 1.54) is 62.4 Å². The zero-order chi connectivity index (χ0) is 72.3.